The second-order valence-corrected chi connectivity index (χ2v) is 5.13. The molecule has 1 saturated heterocycles. The molecule has 0 radical (unpaired) electrons. The van der Waals surface area contributed by atoms with Crippen molar-refractivity contribution >= 4 is 18.0 Å². The van der Waals surface area contributed by atoms with Crippen molar-refractivity contribution in [2.75, 3.05) is 18.0 Å². The summed E-state index contributed by atoms with van der Waals surface area (Å²) in [5.41, 5.74) is 7.62. The minimum Gasteiger partial charge on any atom is -0.365 e. The first-order valence-electron chi connectivity index (χ1n) is 6.51. The number of nitrogens with two attached hydrogens (primary N) is 1. The molecule has 1 atom stereocenters. The van der Waals surface area contributed by atoms with E-state index < -0.39 is 5.91 Å². The third-order valence-electron chi connectivity index (χ3n) is 3.52. The van der Waals surface area contributed by atoms with E-state index in [1.165, 1.54) is 0 Å². The van der Waals surface area contributed by atoms with Crippen LogP contribution in [0.2, 0.25) is 0 Å². The molecule has 1 aliphatic rings. The first kappa shape index (κ1) is 13.5. The molecule has 2 heterocycles. The van der Waals surface area contributed by atoms with Crippen LogP contribution in [0.1, 0.15) is 34.5 Å². The summed E-state index contributed by atoms with van der Waals surface area (Å²) in [6.07, 6.45) is 2.81. The van der Waals surface area contributed by atoms with Gasteiger partial charge >= 0.3 is 0 Å². The number of hydrogen-bond donors (Lipinski definition) is 1. The maximum atomic E-state index is 11.6. The van der Waals surface area contributed by atoms with Gasteiger partial charge in [0.2, 0.25) is 0 Å². The zero-order valence-electron chi connectivity index (χ0n) is 11.3. The quantitative estimate of drug-likeness (QED) is 0.830. The summed E-state index contributed by atoms with van der Waals surface area (Å²) in [4.78, 5) is 29.0. The van der Waals surface area contributed by atoms with Gasteiger partial charge in [0.15, 0.2) is 0 Å². The van der Waals surface area contributed by atoms with Crippen LogP contribution in [0.5, 0.6) is 0 Å². The van der Waals surface area contributed by atoms with E-state index in [1.807, 2.05) is 24.8 Å². The third-order valence-corrected chi connectivity index (χ3v) is 3.52. The summed E-state index contributed by atoms with van der Waals surface area (Å²) in [5.74, 6) is 0.168. The molecular formula is C14H19N3O2. The predicted molar refractivity (Wildman–Crippen MR) is 73.2 cm³/mol. The van der Waals surface area contributed by atoms with Crippen LogP contribution in [0.15, 0.2) is 6.07 Å². The summed E-state index contributed by atoms with van der Waals surface area (Å²) in [6.45, 7) is 5.17. The molecule has 102 valence electrons. The molecule has 1 unspecified atom stereocenters. The van der Waals surface area contributed by atoms with Crippen molar-refractivity contribution in [3.8, 4) is 0 Å². The van der Waals surface area contributed by atoms with Gasteiger partial charge in [-0.15, -0.1) is 0 Å². The molecule has 1 aromatic heterocycles. The molecule has 1 aliphatic heterocycles. The largest absolute Gasteiger partial charge is 0.365 e. The van der Waals surface area contributed by atoms with Gasteiger partial charge in [0.05, 0.1) is 5.56 Å². The Labute approximate surface area is 112 Å². The van der Waals surface area contributed by atoms with Gasteiger partial charge in [0, 0.05) is 24.7 Å². The number of nitrogens with zero attached hydrogens (tertiary/aromatic N) is 2. The number of amides is 1. The molecule has 0 aromatic carbocycles. The van der Waals surface area contributed by atoms with E-state index in [0.29, 0.717) is 17.9 Å². The highest BCUT2D eigenvalue weighted by molar-refractivity contribution is 5.99. The molecule has 2 rings (SSSR count). The van der Waals surface area contributed by atoms with Crippen molar-refractivity contribution in [2.45, 2.75) is 26.7 Å². The number of aromatic nitrogens is 1. The highest BCUT2D eigenvalue weighted by atomic mass is 16.1. The lowest BCUT2D eigenvalue weighted by Crippen LogP contribution is -2.38. The second-order valence-electron chi connectivity index (χ2n) is 5.13. The minimum atomic E-state index is -0.465. The Morgan fingerprint density at radius 3 is 2.89 bits per heavy atom. The van der Waals surface area contributed by atoms with E-state index in [0.717, 1.165) is 36.9 Å². The van der Waals surface area contributed by atoms with E-state index in [2.05, 4.69) is 4.98 Å². The van der Waals surface area contributed by atoms with Crippen molar-refractivity contribution in [2.24, 2.45) is 11.7 Å². The predicted octanol–water partition coefficient (Wildman–Crippen LogP) is 1.21. The zero-order chi connectivity index (χ0) is 14.0. The highest BCUT2D eigenvalue weighted by Gasteiger charge is 2.25. The Morgan fingerprint density at radius 2 is 2.26 bits per heavy atom. The molecule has 0 aliphatic carbocycles. The van der Waals surface area contributed by atoms with Crippen LogP contribution in [-0.2, 0) is 4.79 Å². The minimum absolute atomic E-state index is 0.0112. The van der Waals surface area contributed by atoms with Crippen LogP contribution in [0, 0.1) is 19.8 Å². The number of carbonyl (C=O) groups is 2. The van der Waals surface area contributed by atoms with Crippen molar-refractivity contribution in [1.82, 2.24) is 4.98 Å². The van der Waals surface area contributed by atoms with Crippen molar-refractivity contribution in [3.05, 3.63) is 22.9 Å². The van der Waals surface area contributed by atoms with Crippen molar-refractivity contribution < 1.29 is 9.59 Å². The molecule has 1 aromatic rings. The lowest BCUT2D eigenvalue weighted by Gasteiger charge is -2.32. The average Bonchev–Trinajstić information content (AvgIpc) is 2.37. The van der Waals surface area contributed by atoms with Gasteiger partial charge in [-0.3, -0.25) is 4.79 Å². The number of aryl methyl sites for hydroxylation is 2. The van der Waals surface area contributed by atoms with Gasteiger partial charge in [-0.2, -0.15) is 0 Å². The summed E-state index contributed by atoms with van der Waals surface area (Å²) >= 11 is 0. The number of hydrogen-bond acceptors (Lipinski definition) is 4. The second kappa shape index (κ2) is 5.38. The zero-order valence-corrected chi connectivity index (χ0v) is 11.3. The van der Waals surface area contributed by atoms with Crippen LogP contribution >= 0.6 is 0 Å². The summed E-state index contributed by atoms with van der Waals surface area (Å²) < 4.78 is 0. The fraction of sp³-hybridized carbons (Fsp3) is 0.500. The van der Waals surface area contributed by atoms with E-state index in [1.54, 1.807) is 0 Å². The number of rotatable bonds is 3. The molecule has 2 N–H and O–H groups in total. The van der Waals surface area contributed by atoms with E-state index in [-0.39, 0.29) is 5.92 Å². The number of pyridine rings is 1. The Kier molecular flexibility index (Phi) is 3.83. The molecule has 19 heavy (non-hydrogen) atoms. The number of piperidine rings is 1. The SMILES string of the molecule is Cc1cc(C)c(C(N)=O)c(N2CCCC(C=O)C2)n1. The van der Waals surface area contributed by atoms with Crippen LogP contribution in [0.3, 0.4) is 0 Å². The highest BCUT2D eigenvalue weighted by Crippen LogP contribution is 2.26. The smallest absolute Gasteiger partial charge is 0.252 e. The normalized spacial score (nSPS) is 19.3. The molecule has 1 amide bonds. The molecule has 0 saturated carbocycles. The lowest BCUT2D eigenvalue weighted by molar-refractivity contribution is -0.111. The van der Waals surface area contributed by atoms with Gasteiger partial charge in [-0.05, 0) is 38.3 Å². The van der Waals surface area contributed by atoms with E-state index in [4.69, 9.17) is 5.73 Å². The number of carbonyl (C=O) groups excluding carboxylic acids is 2. The monoisotopic (exact) mass is 261 g/mol. The summed E-state index contributed by atoms with van der Waals surface area (Å²) in [7, 11) is 0. The Bertz CT molecular complexity index is 514. The number of aldehydes is 1. The summed E-state index contributed by atoms with van der Waals surface area (Å²) in [6, 6.07) is 1.85. The van der Waals surface area contributed by atoms with Gasteiger partial charge in [0.1, 0.15) is 12.1 Å². The molecule has 0 spiro atoms. The summed E-state index contributed by atoms with van der Waals surface area (Å²) in [5, 5.41) is 0. The van der Waals surface area contributed by atoms with Crippen molar-refractivity contribution in [3.63, 3.8) is 0 Å². The molecule has 1 fully saturated rings. The Hall–Kier alpha value is -1.91. The van der Waals surface area contributed by atoms with Gasteiger partial charge in [-0.25, -0.2) is 4.98 Å². The molecule has 0 bridgehead atoms. The average molecular weight is 261 g/mol. The lowest BCUT2D eigenvalue weighted by atomic mass is 9.98. The van der Waals surface area contributed by atoms with Crippen LogP contribution in [0.25, 0.3) is 0 Å². The first-order valence-corrected chi connectivity index (χ1v) is 6.51. The van der Waals surface area contributed by atoms with Crippen LogP contribution in [-0.4, -0.2) is 30.3 Å². The fourth-order valence-electron chi connectivity index (χ4n) is 2.66. The standard InChI is InChI=1S/C14H19N3O2/c1-9-6-10(2)16-14(12(9)13(15)19)17-5-3-4-11(7-17)8-18/h6,8,11H,3-5,7H2,1-2H3,(H2,15,19). The van der Waals surface area contributed by atoms with Crippen LogP contribution < -0.4 is 10.6 Å². The van der Waals surface area contributed by atoms with Gasteiger partial charge in [0.25, 0.3) is 5.91 Å². The maximum Gasteiger partial charge on any atom is 0.252 e. The maximum absolute atomic E-state index is 11.6. The Balaban J connectivity index is 2.42. The van der Waals surface area contributed by atoms with Gasteiger partial charge < -0.3 is 15.4 Å². The van der Waals surface area contributed by atoms with Crippen molar-refractivity contribution in [1.29, 1.82) is 0 Å². The Morgan fingerprint density at radius 1 is 1.53 bits per heavy atom. The molecular weight excluding hydrogens is 242 g/mol. The number of primary amides is 1. The molecule has 5 nitrogen and oxygen atoms in total. The first-order chi connectivity index (χ1) is 9.02. The van der Waals surface area contributed by atoms with Gasteiger partial charge in [-0.1, -0.05) is 0 Å². The third kappa shape index (κ3) is 2.75. The molecule has 5 heteroatoms. The van der Waals surface area contributed by atoms with Crippen LogP contribution in [0.4, 0.5) is 5.82 Å². The van der Waals surface area contributed by atoms with E-state index >= 15 is 0 Å². The number of anilines is 1. The fourth-order valence-corrected chi connectivity index (χ4v) is 2.66. The topological polar surface area (TPSA) is 76.3 Å². The van der Waals surface area contributed by atoms with E-state index in [9.17, 15) is 9.59 Å².